The van der Waals surface area contributed by atoms with Crippen LogP contribution >= 0.6 is 0 Å². The van der Waals surface area contributed by atoms with Gasteiger partial charge in [0.15, 0.2) is 0 Å². The molecule has 2 N–H and O–H groups in total. The molecule has 1 fully saturated rings. The molecule has 3 unspecified atom stereocenters. The third-order valence-electron chi connectivity index (χ3n) is 3.90. The second-order valence-corrected chi connectivity index (χ2v) is 6.40. The third-order valence-corrected chi connectivity index (χ3v) is 3.90. The molecule has 1 aliphatic rings. The first kappa shape index (κ1) is 14.0. The van der Waals surface area contributed by atoms with Gasteiger partial charge in [-0.25, -0.2) is 0 Å². The van der Waals surface area contributed by atoms with Crippen molar-refractivity contribution in [1.82, 2.24) is 4.90 Å². The molecule has 0 aromatic rings. The van der Waals surface area contributed by atoms with Crippen molar-refractivity contribution in [2.24, 2.45) is 23.0 Å². The van der Waals surface area contributed by atoms with Crippen LogP contribution in [0.4, 0.5) is 0 Å². The molecule has 0 aliphatic carbocycles. The maximum atomic E-state index is 5.95. The minimum Gasteiger partial charge on any atom is -0.330 e. The Kier molecular flexibility index (Phi) is 5.26. The minimum atomic E-state index is 0.325. The van der Waals surface area contributed by atoms with Crippen LogP contribution < -0.4 is 5.73 Å². The summed E-state index contributed by atoms with van der Waals surface area (Å²) in [6.07, 6.45) is 3.89. The molecule has 1 aliphatic heterocycles. The summed E-state index contributed by atoms with van der Waals surface area (Å²) in [5.74, 6) is 1.71. The highest BCUT2D eigenvalue weighted by atomic mass is 15.1. The van der Waals surface area contributed by atoms with Gasteiger partial charge in [-0.1, -0.05) is 34.1 Å². The van der Waals surface area contributed by atoms with Crippen LogP contribution in [0.15, 0.2) is 0 Å². The van der Waals surface area contributed by atoms with E-state index >= 15 is 0 Å². The van der Waals surface area contributed by atoms with Gasteiger partial charge in [0.05, 0.1) is 0 Å². The first-order valence-electron chi connectivity index (χ1n) is 6.91. The third kappa shape index (κ3) is 4.06. The molecule has 1 heterocycles. The van der Waals surface area contributed by atoms with Gasteiger partial charge in [-0.15, -0.1) is 0 Å². The Morgan fingerprint density at radius 1 is 1.25 bits per heavy atom. The number of piperidine rings is 1. The molecule has 0 saturated carbocycles. The van der Waals surface area contributed by atoms with E-state index in [0.29, 0.717) is 5.41 Å². The Hall–Kier alpha value is -0.0800. The molecule has 2 heteroatoms. The zero-order chi connectivity index (χ0) is 12.2. The number of hydrogen-bond donors (Lipinski definition) is 1. The van der Waals surface area contributed by atoms with Gasteiger partial charge in [0.2, 0.25) is 0 Å². The predicted octanol–water partition coefficient (Wildman–Crippen LogP) is 2.73. The zero-order valence-electron chi connectivity index (χ0n) is 11.6. The summed E-state index contributed by atoms with van der Waals surface area (Å²) in [5, 5.41) is 0. The van der Waals surface area contributed by atoms with Gasteiger partial charge in [-0.2, -0.15) is 0 Å². The van der Waals surface area contributed by atoms with Gasteiger partial charge < -0.3 is 10.6 Å². The lowest BCUT2D eigenvalue weighted by Crippen LogP contribution is -2.46. The molecule has 0 aromatic carbocycles. The van der Waals surface area contributed by atoms with Gasteiger partial charge in [-0.05, 0) is 36.6 Å². The fraction of sp³-hybridized carbons (Fsp3) is 1.00. The highest BCUT2D eigenvalue weighted by Crippen LogP contribution is 2.27. The Bertz CT molecular complexity index is 195. The van der Waals surface area contributed by atoms with E-state index in [0.717, 1.165) is 18.4 Å². The number of hydrogen-bond acceptors (Lipinski definition) is 2. The van der Waals surface area contributed by atoms with E-state index < -0.39 is 0 Å². The van der Waals surface area contributed by atoms with Crippen LogP contribution in [0.3, 0.4) is 0 Å². The standard InChI is InChI=1S/C14H30N2/c1-5-6-14(4,10-15)11-16-8-12(2)7-13(3)9-16/h12-13H,5-11,15H2,1-4H3. The maximum Gasteiger partial charge on any atom is 0.00476 e. The lowest BCUT2D eigenvalue weighted by atomic mass is 9.83. The van der Waals surface area contributed by atoms with Crippen molar-refractivity contribution in [1.29, 1.82) is 0 Å². The lowest BCUT2D eigenvalue weighted by molar-refractivity contribution is 0.0881. The number of rotatable bonds is 5. The van der Waals surface area contributed by atoms with Crippen LogP contribution in [0, 0.1) is 17.3 Å². The van der Waals surface area contributed by atoms with E-state index in [1.165, 1.54) is 38.9 Å². The summed E-state index contributed by atoms with van der Waals surface area (Å²) in [4.78, 5) is 2.64. The molecule has 3 atom stereocenters. The molecule has 1 rings (SSSR count). The van der Waals surface area contributed by atoms with E-state index in [-0.39, 0.29) is 0 Å². The van der Waals surface area contributed by atoms with Crippen molar-refractivity contribution in [3.63, 3.8) is 0 Å². The smallest absolute Gasteiger partial charge is 0.00476 e. The maximum absolute atomic E-state index is 5.95. The van der Waals surface area contributed by atoms with Gasteiger partial charge in [-0.3, -0.25) is 0 Å². The van der Waals surface area contributed by atoms with Crippen molar-refractivity contribution >= 4 is 0 Å². The average molecular weight is 226 g/mol. The highest BCUT2D eigenvalue weighted by molar-refractivity contribution is 4.83. The SMILES string of the molecule is CCCC(C)(CN)CN1CC(C)CC(C)C1. The summed E-state index contributed by atoms with van der Waals surface area (Å²) in [6, 6.07) is 0. The van der Waals surface area contributed by atoms with Crippen molar-refractivity contribution in [2.45, 2.75) is 47.0 Å². The van der Waals surface area contributed by atoms with Gasteiger partial charge >= 0.3 is 0 Å². The molecule has 0 aromatic heterocycles. The van der Waals surface area contributed by atoms with E-state index in [2.05, 4.69) is 32.6 Å². The van der Waals surface area contributed by atoms with Crippen LogP contribution in [-0.2, 0) is 0 Å². The van der Waals surface area contributed by atoms with E-state index in [1.54, 1.807) is 0 Å². The van der Waals surface area contributed by atoms with Crippen LogP contribution in [0.1, 0.15) is 47.0 Å². The van der Waals surface area contributed by atoms with E-state index in [4.69, 9.17) is 5.73 Å². The molecule has 0 amide bonds. The van der Waals surface area contributed by atoms with Gasteiger partial charge in [0.1, 0.15) is 0 Å². The van der Waals surface area contributed by atoms with Crippen LogP contribution in [0.2, 0.25) is 0 Å². The first-order valence-corrected chi connectivity index (χ1v) is 6.91. The minimum absolute atomic E-state index is 0.325. The van der Waals surface area contributed by atoms with Crippen molar-refractivity contribution < 1.29 is 0 Å². The van der Waals surface area contributed by atoms with E-state index in [1.807, 2.05) is 0 Å². The lowest BCUT2D eigenvalue weighted by Gasteiger charge is -2.40. The fourth-order valence-electron chi connectivity index (χ4n) is 3.31. The average Bonchev–Trinajstić information content (AvgIpc) is 2.16. The number of nitrogens with zero attached hydrogens (tertiary/aromatic N) is 1. The molecular weight excluding hydrogens is 196 g/mol. The van der Waals surface area contributed by atoms with Crippen molar-refractivity contribution in [3.8, 4) is 0 Å². The Balaban J connectivity index is 2.50. The van der Waals surface area contributed by atoms with Crippen molar-refractivity contribution in [2.75, 3.05) is 26.2 Å². The normalized spacial score (nSPS) is 31.3. The Labute approximate surface area is 102 Å². The number of nitrogens with two attached hydrogens (primary N) is 1. The van der Waals surface area contributed by atoms with Crippen LogP contribution in [0.5, 0.6) is 0 Å². The predicted molar refractivity (Wildman–Crippen MR) is 71.5 cm³/mol. The molecule has 2 nitrogen and oxygen atoms in total. The second kappa shape index (κ2) is 6.02. The summed E-state index contributed by atoms with van der Waals surface area (Å²) in [6.45, 7) is 13.9. The first-order chi connectivity index (χ1) is 7.49. The van der Waals surface area contributed by atoms with E-state index in [9.17, 15) is 0 Å². The highest BCUT2D eigenvalue weighted by Gasteiger charge is 2.29. The van der Waals surface area contributed by atoms with Crippen molar-refractivity contribution in [3.05, 3.63) is 0 Å². The Morgan fingerprint density at radius 2 is 1.81 bits per heavy atom. The molecular formula is C14H30N2. The quantitative estimate of drug-likeness (QED) is 0.781. The largest absolute Gasteiger partial charge is 0.330 e. The second-order valence-electron chi connectivity index (χ2n) is 6.40. The molecule has 0 spiro atoms. The molecule has 0 radical (unpaired) electrons. The Morgan fingerprint density at radius 3 is 2.25 bits per heavy atom. The summed E-state index contributed by atoms with van der Waals surface area (Å²) < 4.78 is 0. The van der Waals surface area contributed by atoms with Crippen LogP contribution in [-0.4, -0.2) is 31.1 Å². The molecule has 96 valence electrons. The van der Waals surface area contributed by atoms with Gasteiger partial charge in [0.25, 0.3) is 0 Å². The molecule has 0 bridgehead atoms. The zero-order valence-corrected chi connectivity index (χ0v) is 11.6. The topological polar surface area (TPSA) is 29.3 Å². The summed E-state index contributed by atoms with van der Waals surface area (Å²) in [7, 11) is 0. The summed E-state index contributed by atoms with van der Waals surface area (Å²) in [5.41, 5.74) is 6.28. The molecule has 16 heavy (non-hydrogen) atoms. The summed E-state index contributed by atoms with van der Waals surface area (Å²) >= 11 is 0. The van der Waals surface area contributed by atoms with Crippen LogP contribution in [0.25, 0.3) is 0 Å². The number of likely N-dealkylation sites (tertiary alicyclic amines) is 1. The van der Waals surface area contributed by atoms with Gasteiger partial charge in [0, 0.05) is 19.6 Å². The fourth-order valence-corrected chi connectivity index (χ4v) is 3.31. The molecule has 1 saturated heterocycles. The monoisotopic (exact) mass is 226 g/mol.